The van der Waals surface area contributed by atoms with E-state index in [1.165, 1.54) is 10.8 Å². The molecule has 0 bridgehead atoms. The quantitative estimate of drug-likeness (QED) is 0.694. The van der Waals surface area contributed by atoms with Crippen LogP contribution >= 0.6 is 0 Å². The third-order valence-corrected chi connectivity index (χ3v) is 2.98. The molecule has 0 radical (unpaired) electrons. The topological polar surface area (TPSA) is 84.3 Å². The Balaban J connectivity index is 2.30. The van der Waals surface area contributed by atoms with Crippen molar-refractivity contribution in [2.24, 2.45) is 0 Å². The molecule has 3 unspecified atom stereocenters. The van der Waals surface area contributed by atoms with E-state index in [0.29, 0.717) is 5.56 Å². The maximum Gasteiger partial charge on any atom is 0.330 e. The molecule has 0 amide bonds. The zero-order chi connectivity index (χ0) is 13.3. The number of rotatable bonds is 2. The van der Waals surface area contributed by atoms with Crippen LogP contribution in [0.4, 0.5) is 0 Å². The third kappa shape index (κ3) is 2.23. The van der Waals surface area contributed by atoms with Gasteiger partial charge in [0.15, 0.2) is 0 Å². The average Bonchev–Trinajstić information content (AvgIpc) is 2.66. The van der Waals surface area contributed by atoms with Crippen LogP contribution in [-0.4, -0.2) is 26.9 Å². The highest BCUT2D eigenvalue weighted by atomic mass is 16.5. The molecule has 3 atom stereocenters. The molecule has 0 aromatic carbocycles. The highest BCUT2D eigenvalue weighted by Crippen LogP contribution is 2.28. The Labute approximate surface area is 103 Å². The Morgan fingerprint density at radius 2 is 2.39 bits per heavy atom. The van der Waals surface area contributed by atoms with Gasteiger partial charge in [-0.2, -0.15) is 0 Å². The molecule has 6 nitrogen and oxygen atoms in total. The molecule has 0 spiro atoms. The van der Waals surface area contributed by atoms with Crippen molar-refractivity contribution >= 4 is 0 Å². The number of aromatic amines is 1. The molecule has 1 aromatic heterocycles. The lowest BCUT2D eigenvalue weighted by atomic mass is 10.1. The average molecular weight is 250 g/mol. The van der Waals surface area contributed by atoms with Crippen molar-refractivity contribution in [2.45, 2.75) is 38.2 Å². The van der Waals surface area contributed by atoms with Crippen LogP contribution in [0.3, 0.4) is 0 Å². The van der Waals surface area contributed by atoms with Gasteiger partial charge in [0.25, 0.3) is 5.56 Å². The van der Waals surface area contributed by atoms with E-state index < -0.39 is 29.7 Å². The minimum absolute atomic E-state index is 0.276. The standard InChI is InChI=1S/C12H14N2O4/c1-3-4-9-8(15)5-10(18-9)14-6-7(2)11(16)13-12(14)17/h1,6,8-10,15H,4-5H2,2H3,(H,13,16,17). The van der Waals surface area contributed by atoms with Gasteiger partial charge < -0.3 is 9.84 Å². The highest BCUT2D eigenvalue weighted by molar-refractivity contribution is 5.02. The number of aliphatic hydroxyl groups excluding tert-OH is 1. The summed E-state index contributed by atoms with van der Waals surface area (Å²) in [5, 5.41) is 9.76. The molecule has 1 fully saturated rings. The number of hydrogen-bond acceptors (Lipinski definition) is 4. The van der Waals surface area contributed by atoms with E-state index in [1.54, 1.807) is 6.92 Å². The first-order valence-electron chi connectivity index (χ1n) is 5.62. The van der Waals surface area contributed by atoms with Crippen LogP contribution in [0.5, 0.6) is 0 Å². The smallest absolute Gasteiger partial charge is 0.330 e. The zero-order valence-corrected chi connectivity index (χ0v) is 9.92. The summed E-state index contributed by atoms with van der Waals surface area (Å²) in [5.74, 6) is 2.42. The molecule has 1 aliphatic heterocycles. The van der Waals surface area contributed by atoms with E-state index in [0.717, 1.165) is 0 Å². The Kier molecular flexibility index (Phi) is 3.36. The molecule has 1 aliphatic rings. The lowest BCUT2D eigenvalue weighted by Gasteiger charge is -2.14. The maximum absolute atomic E-state index is 11.7. The molecule has 2 N–H and O–H groups in total. The van der Waals surface area contributed by atoms with Gasteiger partial charge >= 0.3 is 5.69 Å². The number of hydrogen-bond donors (Lipinski definition) is 2. The van der Waals surface area contributed by atoms with E-state index in [9.17, 15) is 14.7 Å². The molecule has 6 heteroatoms. The van der Waals surface area contributed by atoms with Gasteiger partial charge in [0, 0.05) is 24.6 Å². The molecule has 0 aliphatic carbocycles. The first-order valence-corrected chi connectivity index (χ1v) is 5.62. The molecule has 18 heavy (non-hydrogen) atoms. The first kappa shape index (κ1) is 12.6. The predicted octanol–water partition coefficient (Wildman–Crippen LogP) is -0.483. The van der Waals surface area contributed by atoms with Crippen LogP contribution in [0.25, 0.3) is 0 Å². The molecule has 96 valence electrons. The van der Waals surface area contributed by atoms with Crippen molar-refractivity contribution < 1.29 is 9.84 Å². The van der Waals surface area contributed by atoms with Crippen LogP contribution in [0.2, 0.25) is 0 Å². The van der Waals surface area contributed by atoms with Crippen molar-refractivity contribution in [3.05, 3.63) is 32.6 Å². The number of H-pyrrole nitrogens is 1. The van der Waals surface area contributed by atoms with E-state index >= 15 is 0 Å². The number of nitrogens with zero attached hydrogens (tertiary/aromatic N) is 1. The summed E-state index contributed by atoms with van der Waals surface area (Å²) in [6.07, 6.45) is 5.39. The number of ether oxygens (including phenoxy) is 1. The summed E-state index contributed by atoms with van der Waals surface area (Å²) in [7, 11) is 0. The SMILES string of the molecule is C#CCC1OC(n2cc(C)c(=O)[nH]c2=O)CC1O. The highest BCUT2D eigenvalue weighted by Gasteiger charge is 2.34. The number of aromatic nitrogens is 2. The summed E-state index contributed by atoms with van der Waals surface area (Å²) in [6.45, 7) is 1.60. The van der Waals surface area contributed by atoms with Gasteiger partial charge in [-0.1, -0.05) is 0 Å². The Bertz CT molecular complexity index is 595. The number of nitrogens with one attached hydrogen (secondary N) is 1. The molecule has 1 saturated heterocycles. The van der Waals surface area contributed by atoms with Gasteiger partial charge in [0.05, 0.1) is 12.2 Å². The molecule has 1 aromatic rings. The normalized spacial score (nSPS) is 27.1. The molecular weight excluding hydrogens is 236 g/mol. The van der Waals surface area contributed by atoms with E-state index in [4.69, 9.17) is 11.2 Å². The van der Waals surface area contributed by atoms with Crippen LogP contribution < -0.4 is 11.2 Å². The second-order valence-electron chi connectivity index (χ2n) is 4.32. The molecular formula is C12H14N2O4. The van der Waals surface area contributed by atoms with Crippen LogP contribution in [0.15, 0.2) is 15.8 Å². The fraction of sp³-hybridized carbons (Fsp3) is 0.500. The van der Waals surface area contributed by atoms with E-state index in [2.05, 4.69) is 10.9 Å². The van der Waals surface area contributed by atoms with Crippen molar-refractivity contribution in [1.82, 2.24) is 9.55 Å². The van der Waals surface area contributed by atoms with Crippen molar-refractivity contribution in [1.29, 1.82) is 0 Å². The second-order valence-corrected chi connectivity index (χ2v) is 4.32. The molecule has 2 rings (SSSR count). The van der Waals surface area contributed by atoms with Gasteiger partial charge in [-0.15, -0.1) is 12.3 Å². The molecule has 2 heterocycles. The fourth-order valence-corrected chi connectivity index (χ4v) is 1.99. The zero-order valence-electron chi connectivity index (χ0n) is 9.92. The number of aliphatic hydroxyl groups is 1. The van der Waals surface area contributed by atoms with E-state index in [1.807, 2.05) is 0 Å². The van der Waals surface area contributed by atoms with E-state index in [-0.39, 0.29) is 12.8 Å². The molecule has 0 saturated carbocycles. The largest absolute Gasteiger partial charge is 0.390 e. The minimum Gasteiger partial charge on any atom is -0.390 e. The van der Waals surface area contributed by atoms with Crippen molar-refractivity contribution in [3.8, 4) is 12.3 Å². The van der Waals surface area contributed by atoms with Crippen LogP contribution in [0, 0.1) is 19.3 Å². The number of aryl methyl sites for hydroxylation is 1. The summed E-state index contributed by atoms with van der Waals surface area (Å²) in [4.78, 5) is 25.1. The predicted molar refractivity (Wildman–Crippen MR) is 64.0 cm³/mol. The van der Waals surface area contributed by atoms with Crippen molar-refractivity contribution in [2.75, 3.05) is 0 Å². The van der Waals surface area contributed by atoms with Gasteiger partial charge in [-0.3, -0.25) is 14.3 Å². The Morgan fingerprint density at radius 1 is 1.67 bits per heavy atom. The van der Waals surface area contributed by atoms with Crippen LogP contribution in [0.1, 0.15) is 24.6 Å². The first-order chi connectivity index (χ1) is 8.52. The number of terminal acetylenes is 1. The third-order valence-electron chi connectivity index (χ3n) is 2.98. The summed E-state index contributed by atoms with van der Waals surface area (Å²) in [5.41, 5.74) is -0.563. The van der Waals surface area contributed by atoms with Crippen molar-refractivity contribution in [3.63, 3.8) is 0 Å². The maximum atomic E-state index is 11.7. The van der Waals surface area contributed by atoms with Crippen LogP contribution in [-0.2, 0) is 4.74 Å². The Hall–Kier alpha value is -1.84. The lowest BCUT2D eigenvalue weighted by Crippen LogP contribution is -2.33. The second kappa shape index (κ2) is 4.80. The van der Waals surface area contributed by atoms with Gasteiger partial charge in [0.2, 0.25) is 0 Å². The van der Waals surface area contributed by atoms with Gasteiger partial charge in [0.1, 0.15) is 6.23 Å². The van der Waals surface area contributed by atoms with Gasteiger partial charge in [-0.25, -0.2) is 4.79 Å². The fourth-order valence-electron chi connectivity index (χ4n) is 1.99. The monoisotopic (exact) mass is 250 g/mol. The summed E-state index contributed by atoms with van der Waals surface area (Å²) in [6, 6.07) is 0. The summed E-state index contributed by atoms with van der Waals surface area (Å²) < 4.78 is 6.80. The minimum atomic E-state index is -0.704. The van der Waals surface area contributed by atoms with Gasteiger partial charge in [-0.05, 0) is 6.92 Å². The Morgan fingerprint density at radius 3 is 3.06 bits per heavy atom. The lowest BCUT2D eigenvalue weighted by molar-refractivity contribution is -0.0173. The summed E-state index contributed by atoms with van der Waals surface area (Å²) >= 11 is 0.